The number of rotatable bonds is 7. The second-order valence-electron chi connectivity index (χ2n) is 7.82. The van der Waals surface area contributed by atoms with Gasteiger partial charge in [0.15, 0.2) is 0 Å². The number of halogens is 1. The van der Waals surface area contributed by atoms with Crippen molar-refractivity contribution in [3.05, 3.63) is 84.7 Å². The molecule has 3 rings (SSSR count). The molecule has 1 aromatic heterocycles. The number of nitro benzene ring substituents is 1. The predicted octanol–water partition coefficient (Wildman–Crippen LogP) is 4.16. The Hall–Kier alpha value is -3.72. The summed E-state index contributed by atoms with van der Waals surface area (Å²) < 4.78 is 10.6. The van der Waals surface area contributed by atoms with Gasteiger partial charge in [0.25, 0.3) is 11.6 Å². The van der Waals surface area contributed by atoms with Crippen LogP contribution in [-0.4, -0.2) is 22.8 Å². The number of nitro groups is 1. The number of amides is 1. The molecule has 0 saturated heterocycles. The van der Waals surface area contributed by atoms with Gasteiger partial charge in [0, 0.05) is 28.6 Å². The zero-order chi connectivity index (χ0) is 24.3. The van der Waals surface area contributed by atoms with Crippen molar-refractivity contribution >= 4 is 40.1 Å². The van der Waals surface area contributed by atoms with Crippen LogP contribution in [0, 0.1) is 23.0 Å². The molecule has 0 bridgehead atoms. The van der Waals surface area contributed by atoms with Crippen molar-refractivity contribution < 1.29 is 23.7 Å². The fourth-order valence-corrected chi connectivity index (χ4v) is 3.40. The molecular formula is C23H21ClN2O7. The molecule has 10 heteroatoms. The summed E-state index contributed by atoms with van der Waals surface area (Å²) in [6.45, 7) is 5.09. The highest BCUT2D eigenvalue weighted by Gasteiger charge is 2.27. The summed E-state index contributed by atoms with van der Waals surface area (Å²) in [4.78, 5) is 47.7. The van der Waals surface area contributed by atoms with Crippen LogP contribution in [-0.2, 0) is 16.1 Å². The van der Waals surface area contributed by atoms with Crippen LogP contribution in [0.25, 0.3) is 11.0 Å². The Morgan fingerprint density at radius 3 is 2.58 bits per heavy atom. The number of carbonyl (C=O) groups excluding carboxylic acids is 2. The lowest BCUT2D eigenvalue weighted by Crippen LogP contribution is -2.45. The normalized spacial score (nSPS) is 11.9. The Morgan fingerprint density at radius 1 is 1.18 bits per heavy atom. The van der Waals surface area contributed by atoms with Crippen LogP contribution in [0.5, 0.6) is 0 Å². The third kappa shape index (κ3) is 5.56. The molecule has 9 nitrogen and oxygen atoms in total. The number of carbonyl (C=O) groups is 2. The molecule has 0 aliphatic rings. The minimum atomic E-state index is -1.03. The standard InChI is InChI=1S/C23H21ClN2O7/c1-12(2)21(25-22(28)14-5-7-17(24)18(9-14)26(30)31)23(29)32-11-15-10-20(27)33-19-8-13(3)4-6-16(15)19/h4-10,12,21H,11H2,1-3H3,(H,25,28)/t21-/m0/s1. The molecule has 33 heavy (non-hydrogen) atoms. The van der Waals surface area contributed by atoms with Crippen LogP contribution in [0.15, 0.2) is 51.7 Å². The number of nitrogens with one attached hydrogen (secondary N) is 1. The number of nitrogens with zero attached hydrogens (tertiary/aromatic N) is 1. The Bertz CT molecular complexity index is 1300. The summed E-state index contributed by atoms with van der Waals surface area (Å²) in [6, 6.07) is 9.15. The van der Waals surface area contributed by atoms with Crippen LogP contribution in [0.2, 0.25) is 5.02 Å². The fourth-order valence-electron chi connectivity index (χ4n) is 3.21. The fraction of sp³-hybridized carbons (Fsp3) is 0.261. The first kappa shape index (κ1) is 23.9. The molecule has 1 amide bonds. The lowest BCUT2D eigenvalue weighted by Gasteiger charge is -2.21. The first-order valence-electron chi connectivity index (χ1n) is 10.0. The molecule has 1 atom stereocenters. The van der Waals surface area contributed by atoms with Crippen molar-refractivity contribution in [1.82, 2.24) is 5.32 Å². The SMILES string of the molecule is Cc1ccc2c(COC(=O)[C@@H](NC(=O)c3ccc(Cl)c([N+](=O)[O-])c3)C(C)C)cc(=O)oc2c1. The van der Waals surface area contributed by atoms with E-state index in [0.717, 1.165) is 11.6 Å². The van der Waals surface area contributed by atoms with Crippen molar-refractivity contribution in [3.8, 4) is 0 Å². The Kier molecular flexibility index (Phi) is 7.13. The van der Waals surface area contributed by atoms with Gasteiger partial charge in [-0.1, -0.05) is 37.6 Å². The summed E-state index contributed by atoms with van der Waals surface area (Å²) in [5, 5.41) is 14.2. The van der Waals surface area contributed by atoms with Gasteiger partial charge in [-0.3, -0.25) is 14.9 Å². The van der Waals surface area contributed by atoms with E-state index in [1.807, 2.05) is 13.0 Å². The highest BCUT2D eigenvalue weighted by atomic mass is 35.5. The van der Waals surface area contributed by atoms with Crippen molar-refractivity contribution in [2.24, 2.45) is 5.92 Å². The van der Waals surface area contributed by atoms with Crippen molar-refractivity contribution in [2.45, 2.75) is 33.4 Å². The van der Waals surface area contributed by atoms with Gasteiger partial charge in [-0.05, 0) is 36.6 Å². The first-order chi connectivity index (χ1) is 15.6. The van der Waals surface area contributed by atoms with Crippen molar-refractivity contribution in [1.29, 1.82) is 0 Å². The van der Waals surface area contributed by atoms with Gasteiger partial charge in [-0.15, -0.1) is 0 Å². The molecule has 1 N–H and O–H groups in total. The number of ether oxygens (including phenoxy) is 1. The molecular weight excluding hydrogens is 452 g/mol. The lowest BCUT2D eigenvalue weighted by molar-refractivity contribution is -0.384. The molecule has 3 aromatic rings. The van der Waals surface area contributed by atoms with Crippen molar-refractivity contribution in [3.63, 3.8) is 0 Å². The molecule has 0 aliphatic carbocycles. The average Bonchev–Trinajstić information content (AvgIpc) is 2.74. The van der Waals surface area contributed by atoms with Crippen LogP contribution in [0.3, 0.4) is 0 Å². The summed E-state index contributed by atoms with van der Waals surface area (Å²) >= 11 is 5.79. The smallest absolute Gasteiger partial charge is 0.336 e. The second kappa shape index (κ2) is 9.83. The van der Waals surface area contributed by atoms with Crippen LogP contribution >= 0.6 is 11.6 Å². The number of fused-ring (bicyclic) bond motifs is 1. The third-order valence-corrected chi connectivity index (χ3v) is 5.29. The Morgan fingerprint density at radius 2 is 1.91 bits per heavy atom. The first-order valence-corrected chi connectivity index (χ1v) is 10.4. The van der Waals surface area contributed by atoms with E-state index in [9.17, 15) is 24.5 Å². The number of aryl methyl sites for hydroxylation is 1. The zero-order valence-corrected chi connectivity index (χ0v) is 18.8. The van der Waals surface area contributed by atoms with E-state index < -0.39 is 34.2 Å². The molecule has 0 fully saturated rings. The maximum atomic E-state index is 12.8. The quantitative estimate of drug-likeness (QED) is 0.236. The van der Waals surface area contributed by atoms with Crippen LogP contribution < -0.4 is 10.9 Å². The molecule has 0 aliphatic heterocycles. The largest absolute Gasteiger partial charge is 0.459 e. The summed E-state index contributed by atoms with van der Waals surface area (Å²) in [7, 11) is 0. The zero-order valence-electron chi connectivity index (χ0n) is 18.1. The molecule has 0 spiro atoms. The number of hydrogen-bond acceptors (Lipinski definition) is 7. The minimum absolute atomic E-state index is 0.0217. The van der Waals surface area contributed by atoms with E-state index in [2.05, 4.69) is 5.32 Å². The monoisotopic (exact) mass is 472 g/mol. The minimum Gasteiger partial charge on any atom is -0.459 e. The van der Waals surface area contributed by atoms with E-state index >= 15 is 0 Å². The summed E-state index contributed by atoms with van der Waals surface area (Å²) in [5.41, 5.74) is 0.745. The molecule has 0 saturated carbocycles. The second-order valence-corrected chi connectivity index (χ2v) is 8.22. The third-order valence-electron chi connectivity index (χ3n) is 4.97. The highest BCUT2D eigenvalue weighted by molar-refractivity contribution is 6.32. The Labute approximate surface area is 193 Å². The molecule has 172 valence electrons. The van der Waals surface area contributed by atoms with Gasteiger partial charge in [-0.2, -0.15) is 0 Å². The molecule has 1 heterocycles. The van der Waals surface area contributed by atoms with Gasteiger partial charge >= 0.3 is 11.6 Å². The van der Waals surface area contributed by atoms with Gasteiger partial charge in [0.2, 0.25) is 0 Å². The molecule has 2 aromatic carbocycles. The van der Waals surface area contributed by atoms with Gasteiger partial charge in [0.1, 0.15) is 23.3 Å². The number of benzene rings is 2. The maximum Gasteiger partial charge on any atom is 0.336 e. The predicted molar refractivity (Wildman–Crippen MR) is 121 cm³/mol. The van der Waals surface area contributed by atoms with E-state index in [-0.39, 0.29) is 23.1 Å². The number of esters is 1. The number of hydrogen-bond donors (Lipinski definition) is 1. The van der Waals surface area contributed by atoms with E-state index in [1.54, 1.807) is 26.0 Å². The molecule has 0 radical (unpaired) electrons. The summed E-state index contributed by atoms with van der Waals surface area (Å²) in [5.74, 6) is -1.74. The average molecular weight is 473 g/mol. The Balaban J connectivity index is 1.77. The van der Waals surface area contributed by atoms with Gasteiger partial charge in [0.05, 0.1) is 4.92 Å². The topological polar surface area (TPSA) is 129 Å². The van der Waals surface area contributed by atoms with E-state index in [0.29, 0.717) is 16.5 Å². The maximum absolute atomic E-state index is 12.8. The van der Waals surface area contributed by atoms with E-state index in [4.69, 9.17) is 20.8 Å². The van der Waals surface area contributed by atoms with Crippen LogP contribution in [0.1, 0.15) is 35.3 Å². The van der Waals surface area contributed by atoms with Gasteiger partial charge in [-0.25, -0.2) is 9.59 Å². The summed E-state index contributed by atoms with van der Waals surface area (Å²) in [6.07, 6.45) is 0. The van der Waals surface area contributed by atoms with Crippen molar-refractivity contribution in [2.75, 3.05) is 0 Å². The highest BCUT2D eigenvalue weighted by Crippen LogP contribution is 2.25. The van der Waals surface area contributed by atoms with E-state index in [1.165, 1.54) is 18.2 Å². The van der Waals surface area contributed by atoms with Gasteiger partial charge < -0.3 is 14.5 Å². The van der Waals surface area contributed by atoms with Crippen LogP contribution in [0.4, 0.5) is 5.69 Å². The molecule has 0 unspecified atom stereocenters. The lowest BCUT2D eigenvalue weighted by atomic mass is 10.0.